The van der Waals surface area contributed by atoms with Crippen LogP contribution in [-0.2, 0) is 11.3 Å². The molecule has 0 saturated heterocycles. The Bertz CT molecular complexity index is 405. The Labute approximate surface area is 102 Å². The molecule has 1 aromatic carbocycles. The highest BCUT2D eigenvalue weighted by Crippen LogP contribution is 2.24. The van der Waals surface area contributed by atoms with Gasteiger partial charge < -0.3 is 16.0 Å². The summed E-state index contributed by atoms with van der Waals surface area (Å²) in [6, 6.07) is 7.97. The van der Waals surface area contributed by atoms with E-state index >= 15 is 0 Å². The highest BCUT2D eigenvalue weighted by atomic mass is 16.1. The molecule has 2 rings (SSSR count). The number of carbonyl (C=O) groups is 1. The molecule has 1 heterocycles. The average molecular weight is 233 g/mol. The molecule has 0 spiro atoms. The van der Waals surface area contributed by atoms with Gasteiger partial charge in [-0.3, -0.25) is 4.79 Å². The highest BCUT2D eigenvalue weighted by molar-refractivity contribution is 5.84. The number of hydrogen-bond acceptors (Lipinski definition) is 3. The lowest BCUT2D eigenvalue weighted by Gasteiger charge is -2.30. The Morgan fingerprint density at radius 2 is 2.29 bits per heavy atom. The van der Waals surface area contributed by atoms with Gasteiger partial charge >= 0.3 is 0 Å². The molecule has 3 N–H and O–H groups in total. The van der Waals surface area contributed by atoms with E-state index < -0.39 is 0 Å². The molecule has 17 heavy (non-hydrogen) atoms. The first-order valence-electron chi connectivity index (χ1n) is 6.08. The number of carbonyl (C=O) groups excluding carboxylic acids is 1. The molecule has 0 aliphatic carbocycles. The van der Waals surface area contributed by atoms with Gasteiger partial charge in [0.1, 0.15) is 6.04 Å². The Morgan fingerprint density at radius 3 is 3.00 bits per heavy atom. The molecule has 1 atom stereocenters. The molecule has 4 nitrogen and oxygen atoms in total. The van der Waals surface area contributed by atoms with Crippen LogP contribution in [0.2, 0.25) is 0 Å². The lowest BCUT2D eigenvalue weighted by molar-refractivity contribution is -0.119. The molecular weight excluding hydrogens is 214 g/mol. The smallest absolute Gasteiger partial charge is 0.240 e. The van der Waals surface area contributed by atoms with Gasteiger partial charge in [0.05, 0.1) is 0 Å². The van der Waals surface area contributed by atoms with Crippen molar-refractivity contribution < 1.29 is 4.79 Å². The topological polar surface area (TPSA) is 58.4 Å². The van der Waals surface area contributed by atoms with Crippen LogP contribution in [0.3, 0.4) is 0 Å². The van der Waals surface area contributed by atoms with Crippen LogP contribution in [-0.4, -0.2) is 25.0 Å². The maximum atomic E-state index is 11.5. The third-order valence-corrected chi connectivity index (χ3v) is 3.24. The summed E-state index contributed by atoms with van der Waals surface area (Å²) < 4.78 is 0. The molecular formula is C13H19N3O. The fraction of sp³-hybridized carbons (Fsp3) is 0.462. The summed E-state index contributed by atoms with van der Waals surface area (Å²) in [4.78, 5) is 13.6. The Hall–Kier alpha value is -1.55. The summed E-state index contributed by atoms with van der Waals surface area (Å²) in [5.41, 5.74) is 7.84. The summed E-state index contributed by atoms with van der Waals surface area (Å²) >= 11 is 0. The second-order valence-electron chi connectivity index (χ2n) is 4.33. The fourth-order valence-corrected chi connectivity index (χ4v) is 2.38. The minimum Gasteiger partial charge on any atom is -0.368 e. The normalized spacial score (nSPS) is 17.1. The number of para-hydroxylation sites is 1. The second kappa shape index (κ2) is 5.19. The van der Waals surface area contributed by atoms with Gasteiger partial charge in [0.15, 0.2) is 0 Å². The maximum absolute atomic E-state index is 11.5. The number of nitrogens with one attached hydrogen (secondary N) is 1. The summed E-state index contributed by atoms with van der Waals surface area (Å²) in [7, 11) is 0. The highest BCUT2D eigenvalue weighted by Gasteiger charge is 2.25. The lowest BCUT2D eigenvalue weighted by atomic mass is 10.1. The van der Waals surface area contributed by atoms with Crippen LogP contribution in [0.15, 0.2) is 24.3 Å². The van der Waals surface area contributed by atoms with Gasteiger partial charge in [0, 0.05) is 25.3 Å². The van der Waals surface area contributed by atoms with E-state index in [0.29, 0.717) is 0 Å². The number of amides is 1. The molecule has 1 aliphatic heterocycles. The molecule has 4 heteroatoms. The molecule has 0 fully saturated rings. The molecule has 92 valence electrons. The van der Waals surface area contributed by atoms with E-state index in [9.17, 15) is 4.79 Å². The summed E-state index contributed by atoms with van der Waals surface area (Å²) in [6.07, 6.45) is 0.740. The van der Waals surface area contributed by atoms with E-state index in [1.54, 1.807) is 0 Å². The number of hydrogen-bond donors (Lipinski definition) is 2. The van der Waals surface area contributed by atoms with Crippen LogP contribution in [0.25, 0.3) is 0 Å². The summed E-state index contributed by atoms with van der Waals surface area (Å²) in [6.45, 7) is 4.54. The molecule has 0 aromatic heterocycles. The molecule has 0 saturated carbocycles. The van der Waals surface area contributed by atoms with Crippen LogP contribution in [0, 0.1) is 0 Å². The third-order valence-electron chi connectivity index (χ3n) is 3.24. The van der Waals surface area contributed by atoms with Gasteiger partial charge in [0.2, 0.25) is 5.91 Å². The fourth-order valence-electron chi connectivity index (χ4n) is 2.38. The zero-order valence-corrected chi connectivity index (χ0v) is 10.1. The maximum Gasteiger partial charge on any atom is 0.240 e. The van der Waals surface area contributed by atoms with E-state index in [-0.39, 0.29) is 11.9 Å². The van der Waals surface area contributed by atoms with Crippen molar-refractivity contribution in [1.29, 1.82) is 0 Å². The number of fused-ring (bicyclic) bond motifs is 1. The van der Waals surface area contributed by atoms with Gasteiger partial charge in [-0.05, 0) is 18.1 Å². The minimum absolute atomic E-state index is 0.212. The first kappa shape index (κ1) is 11.9. The molecule has 0 radical (unpaired) electrons. The van der Waals surface area contributed by atoms with Gasteiger partial charge in [-0.25, -0.2) is 0 Å². The number of nitrogens with zero attached hydrogens (tertiary/aromatic N) is 1. The van der Waals surface area contributed by atoms with Crippen molar-refractivity contribution in [3.63, 3.8) is 0 Å². The van der Waals surface area contributed by atoms with E-state index in [4.69, 9.17) is 5.73 Å². The van der Waals surface area contributed by atoms with Gasteiger partial charge in [-0.1, -0.05) is 25.1 Å². The third kappa shape index (κ3) is 2.42. The SMILES string of the molecule is CCC(C(N)=O)N1CCNCc2ccccc21. The molecule has 1 unspecified atom stereocenters. The minimum atomic E-state index is -0.246. The van der Waals surface area contributed by atoms with Crippen molar-refractivity contribution in [2.24, 2.45) is 5.73 Å². The van der Waals surface area contributed by atoms with Crippen LogP contribution < -0.4 is 16.0 Å². The standard InChI is InChI=1S/C13H19N3O/c1-2-11(13(14)17)16-8-7-15-9-10-5-3-4-6-12(10)16/h3-6,11,15H,2,7-9H2,1H3,(H2,14,17). The summed E-state index contributed by atoms with van der Waals surface area (Å²) in [5, 5.41) is 3.36. The van der Waals surface area contributed by atoms with Crippen LogP contribution in [0.5, 0.6) is 0 Å². The van der Waals surface area contributed by atoms with Crippen molar-refractivity contribution >= 4 is 11.6 Å². The molecule has 1 amide bonds. The monoisotopic (exact) mass is 233 g/mol. The van der Waals surface area contributed by atoms with E-state index in [1.807, 2.05) is 19.1 Å². The number of anilines is 1. The quantitative estimate of drug-likeness (QED) is 0.814. The summed E-state index contributed by atoms with van der Waals surface area (Å²) in [5.74, 6) is -0.246. The van der Waals surface area contributed by atoms with Crippen molar-refractivity contribution in [3.05, 3.63) is 29.8 Å². The molecule has 1 aromatic rings. The number of benzene rings is 1. The predicted octanol–water partition coefficient (Wildman–Crippen LogP) is 0.860. The van der Waals surface area contributed by atoms with Crippen LogP contribution >= 0.6 is 0 Å². The average Bonchev–Trinajstić information content (AvgIpc) is 2.53. The van der Waals surface area contributed by atoms with E-state index in [1.165, 1.54) is 5.56 Å². The van der Waals surface area contributed by atoms with Gasteiger partial charge in [-0.15, -0.1) is 0 Å². The van der Waals surface area contributed by atoms with Crippen molar-refractivity contribution in [3.8, 4) is 0 Å². The zero-order chi connectivity index (χ0) is 12.3. The largest absolute Gasteiger partial charge is 0.368 e. The Morgan fingerprint density at radius 1 is 1.53 bits per heavy atom. The number of nitrogens with two attached hydrogens (primary N) is 1. The first-order chi connectivity index (χ1) is 8.24. The van der Waals surface area contributed by atoms with Crippen molar-refractivity contribution in [1.82, 2.24) is 5.32 Å². The van der Waals surface area contributed by atoms with Crippen molar-refractivity contribution in [2.45, 2.75) is 25.9 Å². The second-order valence-corrected chi connectivity index (χ2v) is 4.33. The Kier molecular flexibility index (Phi) is 3.64. The number of rotatable bonds is 3. The number of primary amides is 1. The van der Waals surface area contributed by atoms with Gasteiger partial charge in [-0.2, -0.15) is 0 Å². The predicted molar refractivity (Wildman–Crippen MR) is 68.8 cm³/mol. The lowest BCUT2D eigenvalue weighted by Crippen LogP contribution is -2.46. The first-order valence-corrected chi connectivity index (χ1v) is 6.08. The Balaban J connectivity index is 2.37. The van der Waals surface area contributed by atoms with Crippen molar-refractivity contribution in [2.75, 3.05) is 18.0 Å². The van der Waals surface area contributed by atoms with E-state index in [0.717, 1.165) is 31.7 Å². The molecule has 1 aliphatic rings. The zero-order valence-electron chi connectivity index (χ0n) is 10.1. The molecule has 0 bridgehead atoms. The van der Waals surface area contributed by atoms with Gasteiger partial charge in [0.25, 0.3) is 0 Å². The van der Waals surface area contributed by atoms with Crippen LogP contribution in [0.4, 0.5) is 5.69 Å². The van der Waals surface area contributed by atoms with Crippen LogP contribution in [0.1, 0.15) is 18.9 Å². The van der Waals surface area contributed by atoms with E-state index in [2.05, 4.69) is 22.3 Å².